The lowest BCUT2D eigenvalue weighted by Crippen LogP contribution is -2.01. The summed E-state index contributed by atoms with van der Waals surface area (Å²) in [6, 6.07) is 5.61. The average molecular weight is 245 g/mol. The van der Waals surface area contributed by atoms with Crippen LogP contribution in [0.4, 0.5) is 0 Å². The third-order valence-corrected chi connectivity index (χ3v) is 2.45. The van der Waals surface area contributed by atoms with Crippen LogP contribution in [0.2, 0.25) is 0 Å². The van der Waals surface area contributed by atoms with Gasteiger partial charge >= 0.3 is 0 Å². The van der Waals surface area contributed by atoms with Crippen LogP contribution in [0.3, 0.4) is 0 Å². The van der Waals surface area contributed by atoms with E-state index in [2.05, 4.69) is 28.6 Å². The van der Waals surface area contributed by atoms with Crippen molar-refractivity contribution in [3.05, 3.63) is 29.3 Å². The molecule has 0 saturated carbocycles. The molecule has 0 aliphatic carbocycles. The number of hydrogen-bond donors (Lipinski definition) is 1. The van der Waals surface area contributed by atoms with Crippen LogP contribution in [0.25, 0.3) is 0 Å². The van der Waals surface area contributed by atoms with Gasteiger partial charge in [0.05, 0.1) is 5.33 Å². The summed E-state index contributed by atoms with van der Waals surface area (Å²) >= 11 is 7.34. The van der Waals surface area contributed by atoms with E-state index in [1.165, 1.54) is 0 Å². The number of carbonyl (C=O) groups is 1. The third-order valence-electron chi connectivity index (χ3n) is 1.58. The Kier molecular flexibility index (Phi) is 3.35. The van der Waals surface area contributed by atoms with Crippen LogP contribution in [0.5, 0.6) is 0 Å². The highest BCUT2D eigenvalue weighted by molar-refractivity contribution is 9.09. The Hall–Kier alpha value is -0.280. The van der Waals surface area contributed by atoms with E-state index in [1.807, 2.05) is 19.1 Å². The third kappa shape index (κ3) is 2.11. The van der Waals surface area contributed by atoms with Crippen molar-refractivity contribution < 1.29 is 4.79 Å². The Labute approximate surface area is 85.7 Å². The first-order valence-corrected chi connectivity index (χ1v) is 5.11. The van der Waals surface area contributed by atoms with Crippen LogP contribution in [-0.2, 0) is 0 Å². The molecule has 0 spiro atoms. The van der Waals surface area contributed by atoms with E-state index in [4.69, 9.17) is 0 Å². The fourth-order valence-corrected chi connectivity index (χ4v) is 1.65. The molecule has 3 heteroatoms. The van der Waals surface area contributed by atoms with Crippen LogP contribution in [0.1, 0.15) is 15.9 Å². The first-order chi connectivity index (χ1) is 5.65. The largest absolute Gasteiger partial charge is 0.293 e. The Morgan fingerprint density at radius 2 is 2.25 bits per heavy atom. The summed E-state index contributed by atoms with van der Waals surface area (Å²) in [5.41, 5.74) is 1.80. The molecule has 0 bridgehead atoms. The molecule has 0 fully saturated rings. The van der Waals surface area contributed by atoms with Gasteiger partial charge < -0.3 is 0 Å². The number of Topliss-reactive ketones (excluding diaryl/α,β-unsaturated/α-hetero) is 1. The van der Waals surface area contributed by atoms with Crippen molar-refractivity contribution in [1.82, 2.24) is 0 Å². The molecule has 0 aliphatic rings. The summed E-state index contributed by atoms with van der Waals surface area (Å²) in [6.45, 7) is 1.97. The van der Waals surface area contributed by atoms with Crippen molar-refractivity contribution in [3.8, 4) is 0 Å². The minimum atomic E-state index is 0.0694. The maximum absolute atomic E-state index is 11.2. The highest BCUT2D eigenvalue weighted by atomic mass is 79.9. The molecule has 0 saturated heterocycles. The van der Waals surface area contributed by atoms with E-state index in [0.717, 1.165) is 10.5 Å². The van der Waals surface area contributed by atoms with Gasteiger partial charge in [-0.3, -0.25) is 4.79 Å². The first kappa shape index (κ1) is 9.81. The molecule has 0 aliphatic heterocycles. The summed E-state index contributed by atoms with van der Waals surface area (Å²) in [5.74, 6) is 0.0694. The fraction of sp³-hybridized carbons (Fsp3) is 0.222. The number of halogens is 1. The van der Waals surface area contributed by atoms with E-state index in [0.29, 0.717) is 10.9 Å². The summed E-state index contributed by atoms with van der Waals surface area (Å²) in [7, 11) is 0. The van der Waals surface area contributed by atoms with Crippen molar-refractivity contribution in [2.24, 2.45) is 0 Å². The topological polar surface area (TPSA) is 17.1 Å². The fourth-order valence-electron chi connectivity index (χ4n) is 0.949. The first-order valence-electron chi connectivity index (χ1n) is 3.54. The number of rotatable bonds is 2. The summed E-state index contributed by atoms with van der Waals surface area (Å²) in [6.07, 6.45) is 0. The van der Waals surface area contributed by atoms with Crippen LogP contribution in [-0.4, -0.2) is 11.1 Å². The Balaban J connectivity index is 3.09. The van der Waals surface area contributed by atoms with Crippen molar-refractivity contribution in [2.45, 2.75) is 11.8 Å². The van der Waals surface area contributed by atoms with Gasteiger partial charge in [-0.25, -0.2) is 0 Å². The molecule has 1 nitrogen and oxygen atoms in total. The zero-order chi connectivity index (χ0) is 9.14. The number of thiol groups is 1. The lowest BCUT2D eigenvalue weighted by molar-refractivity contribution is 0.102. The van der Waals surface area contributed by atoms with Crippen molar-refractivity contribution in [3.63, 3.8) is 0 Å². The SMILES string of the molecule is Cc1ccc(C(=O)CBr)c(S)c1. The summed E-state index contributed by atoms with van der Waals surface area (Å²) in [4.78, 5) is 12.0. The molecule has 0 heterocycles. The smallest absolute Gasteiger partial charge is 0.174 e. The Morgan fingerprint density at radius 3 is 2.75 bits per heavy atom. The number of ketones is 1. The quantitative estimate of drug-likeness (QED) is 0.481. The molecular formula is C9H9BrOS. The lowest BCUT2D eigenvalue weighted by Gasteiger charge is -2.02. The molecule has 0 unspecified atom stereocenters. The monoisotopic (exact) mass is 244 g/mol. The molecule has 1 aromatic carbocycles. The predicted molar refractivity (Wildman–Crippen MR) is 56.6 cm³/mol. The van der Waals surface area contributed by atoms with E-state index in [1.54, 1.807) is 6.07 Å². The standard InChI is InChI=1S/C9H9BrOS/c1-6-2-3-7(8(11)5-10)9(12)4-6/h2-4,12H,5H2,1H3. The summed E-state index contributed by atoms with van der Waals surface area (Å²) < 4.78 is 0. The predicted octanol–water partition coefficient (Wildman–Crippen LogP) is 2.86. The van der Waals surface area contributed by atoms with Gasteiger partial charge in [0.25, 0.3) is 0 Å². The molecule has 1 aromatic rings. The van der Waals surface area contributed by atoms with Crippen LogP contribution in [0, 0.1) is 6.92 Å². The minimum Gasteiger partial charge on any atom is -0.293 e. The normalized spacial score (nSPS) is 9.92. The van der Waals surface area contributed by atoms with E-state index in [9.17, 15) is 4.79 Å². The van der Waals surface area contributed by atoms with Gasteiger partial charge in [-0.1, -0.05) is 22.0 Å². The van der Waals surface area contributed by atoms with E-state index < -0.39 is 0 Å². The lowest BCUT2D eigenvalue weighted by atomic mass is 10.1. The zero-order valence-electron chi connectivity index (χ0n) is 6.67. The van der Waals surface area contributed by atoms with Gasteiger partial charge in [0.15, 0.2) is 5.78 Å². The molecule has 0 aromatic heterocycles. The second-order valence-electron chi connectivity index (χ2n) is 2.58. The van der Waals surface area contributed by atoms with Crippen LogP contribution < -0.4 is 0 Å². The molecular weight excluding hydrogens is 236 g/mol. The number of benzene rings is 1. The van der Waals surface area contributed by atoms with Crippen molar-refractivity contribution in [2.75, 3.05) is 5.33 Å². The highest BCUT2D eigenvalue weighted by Gasteiger charge is 2.06. The van der Waals surface area contributed by atoms with E-state index >= 15 is 0 Å². The van der Waals surface area contributed by atoms with Gasteiger partial charge in [0.1, 0.15) is 0 Å². The maximum Gasteiger partial charge on any atom is 0.174 e. The van der Waals surface area contributed by atoms with Gasteiger partial charge in [-0.05, 0) is 24.6 Å². The minimum absolute atomic E-state index is 0.0694. The molecule has 0 radical (unpaired) electrons. The molecule has 64 valence electrons. The number of carbonyl (C=O) groups excluding carboxylic acids is 1. The van der Waals surface area contributed by atoms with Gasteiger partial charge in [-0.15, -0.1) is 12.6 Å². The Morgan fingerprint density at radius 1 is 1.58 bits per heavy atom. The molecule has 0 amide bonds. The van der Waals surface area contributed by atoms with Gasteiger partial charge in [-0.2, -0.15) is 0 Å². The second-order valence-corrected chi connectivity index (χ2v) is 3.62. The average Bonchev–Trinajstić information content (AvgIpc) is 2.03. The van der Waals surface area contributed by atoms with E-state index in [-0.39, 0.29) is 5.78 Å². The summed E-state index contributed by atoms with van der Waals surface area (Å²) in [5, 5.41) is 0.351. The molecule has 12 heavy (non-hydrogen) atoms. The number of aryl methyl sites for hydroxylation is 1. The Bertz CT molecular complexity index is 309. The van der Waals surface area contributed by atoms with Crippen LogP contribution >= 0.6 is 28.6 Å². The second kappa shape index (κ2) is 4.10. The van der Waals surface area contributed by atoms with Crippen LogP contribution in [0.15, 0.2) is 23.1 Å². The maximum atomic E-state index is 11.2. The number of alkyl halides is 1. The number of hydrogen-bond acceptors (Lipinski definition) is 2. The molecule has 0 atom stereocenters. The zero-order valence-corrected chi connectivity index (χ0v) is 9.15. The van der Waals surface area contributed by atoms with Gasteiger partial charge in [0.2, 0.25) is 0 Å². The molecule has 0 N–H and O–H groups in total. The van der Waals surface area contributed by atoms with Gasteiger partial charge in [0, 0.05) is 10.5 Å². The van der Waals surface area contributed by atoms with Crippen molar-refractivity contribution in [1.29, 1.82) is 0 Å². The molecule has 1 rings (SSSR count). The van der Waals surface area contributed by atoms with Crippen molar-refractivity contribution >= 4 is 34.3 Å². The highest BCUT2D eigenvalue weighted by Crippen LogP contribution is 2.16.